The van der Waals surface area contributed by atoms with Gasteiger partial charge in [0.05, 0.1) is 16.9 Å². The third-order valence-electron chi connectivity index (χ3n) is 5.16. The Kier molecular flexibility index (Phi) is 3.48. The molecule has 6 rings (SSSR count). The second kappa shape index (κ2) is 6.31. The van der Waals surface area contributed by atoms with E-state index < -0.39 is 0 Å². The van der Waals surface area contributed by atoms with Crippen LogP contribution < -0.4 is 5.73 Å². The van der Waals surface area contributed by atoms with Crippen LogP contribution in [-0.4, -0.2) is 29.5 Å². The van der Waals surface area contributed by atoms with E-state index in [1.807, 2.05) is 66.8 Å². The van der Waals surface area contributed by atoms with E-state index in [1.54, 1.807) is 10.7 Å². The molecule has 1 aliphatic carbocycles. The minimum absolute atomic E-state index is 0.387. The third-order valence-corrected chi connectivity index (χ3v) is 5.16. The van der Waals surface area contributed by atoms with Crippen LogP contribution in [-0.2, 0) is 0 Å². The predicted molar refractivity (Wildman–Crippen MR) is 116 cm³/mol. The molecule has 1 aliphatic rings. The van der Waals surface area contributed by atoms with Crippen molar-refractivity contribution in [1.82, 2.24) is 29.5 Å². The van der Waals surface area contributed by atoms with Crippen LogP contribution in [0, 0.1) is 0 Å². The van der Waals surface area contributed by atoms with Gasteiger partial charge in [-0.3, -0.25) is 4.98 Å². The minimum Gasteiger partial charge on any atom is -0.382 e. The molecular weight excluding hydrogens is 374 g/mol. The van der Waals surface area contributed by atoms with Crippen LogP contribution in [0.5, 0.6) is 0 Å². The number of aromatic nitrogens is 6. The second-order valence-corrected chi connectivity index (χ2v) is 6.99. The highest BCUT2D eigenvalue weighted by atomic mass is 15.3. The van der Waals surface area contributed by atoms with Crippen LogP contribution in [0.4, 0.5) is 5.82 Å². The molecule has 0 saturated heterocycles. The zero-order chi connectivity index (χ0) is 20.1. The zero-order valence-corrected chi connectivity index (χ0v) is 15.8. The summed E-state index contributed by atoms with van der Waals surface area (Å²) >= 11 is 0. The van der Waals surface area contributed by atoms with E-state index >= 15 is 0 Å². The molecule has 1 aromatic carbocycles. The van der Waals surface area contributed by atoms with Gasteiger partial charge in [0, 0.05) is 22.7 Å². The molecule has 5 aromatic rings. The van der Waals surface area contributed by atoms with Gasteiger partial charge in [0.25, 0.3) is 0 Å². The third kappa shape index (κ3) is 2.49. The maximum atomic E-state index is 6.21. The summed E-state index contributed by atoms with van der Waals surface area (Å²) in [5, 5.41) is 5.41. The van der Waals surface area contributed by atoms with Crippen molar-refractivity contribution in [2.45, 2.75) is 0 Å². The van der Waals surface area contributed by atoms with Gasteiger partial charge < -0.3 is 5.73 Å². The first kappa shape index (κ1) is 16.6. The lowest BCUT2D eigenvalue weighted by Gasteiger charge is -2.05. The summed E-state index contributed by atoms with van der Waals surface area (Å²) in [5.41, 5.74) is 12.1. The largest absolute Gasteiger partial charge is 0.382 e. The Hall–Kier alpha value is -4.39. The highest BCUT2D eigenvalue weighted by Gasteiger charge is 2.20. The number of nitrogens with zero attached hydrogens (tertiary/aromatic N) is 6. The zero-order valence-electron chi connectivity index (χ0n) is 15.8. The molecule has 7 nitrogen and oxygen atoms in total. The number of hydrogen-bond donors (Lipinski definition) is 1. The lowest BCUT2D eigenvalue weighted by molar-refractivity contribution is 0.880. The number of nitrogen functional groups attached to an aromatic ring is 1. The molecule has 4 heterocycles. The minimum atomic E-state index is 0.387. The van der Waals surface area contributed by atoms with Gasteiger partial charge >= 0.3 is 0 Å². The molecule has 0 fully saturated rings. The van der Waals surface area contributed by atoms with Crippen LogP contribution >= 0.6 is 0 Å². The fourth-order valence-electron chi connectivity index (χ4n) is 3.61. The first-order valence-electron chi connectivity index (χ1n) is 9.48. The van der Waals surface area contributed by atoms with Crippen LogP contribution in [0.3, 0.4) is 0 Å². The number of pyridine rings is 2. The molecule has 0 saturated carbocycles. The Balaban J connectivity index is 1.55. The van der Waals surface area contributed by atoms with E-state index in [9.17, 15) is 0 Å². The molecule has 4 aromatic heterocycles. The monoisotopic (exact) mass is 389 g/mol. The Morgan fingerprint density at radius 2 is 1.80 bits per heavy atom. The Morgan fingerprint density at radius 3 is 2.60 bits per heavy atom. The number of anilines is 1. The van der Waals surface area contributed by atoms with Crippen molar-refractivity contribution in [3.8, 4) is 22.6 Å². The molecule has 0 radical (unpaired) electrons. The number of hydrogen-bond acceptors (Lipinski definition) is 6. The fourth-order valence-corrected chi connectivity index (χ4v) is 3.61. The van der Waals surface area contributed by atoms with Gasteiger partial charge in [-0.2, -0.15) is 5.10 Å². The highest BCUT2D eigenvalue weighted by molar-refractivity contribution is 5.93. The quantitative estimate of drug-likeness (QED) is 0.502. The molecule has 0 aliphatic heterocycles. The van der Waals surface area contributed by atoms with Crippen molar-refractivity contribution >= 4 is 27.8 Å². The van der Waals surface area contributed by atoms with Crippen molar-refractivity contribution in [3.63, 3.8) is 0 Å². The topological polar surface area (TPSA) is 94.9 Å². The standard InChI is InChI=1S/C23H15N7/c24-22-21-20(29-23(15-4-3-5-15)30(21)27-13-26-22)16-8-7-14-9-10-18(28-19(14)12-16)17-6-1-2-11-25-17/h1-13H,(H2,24,26,27). The number of imidazole rings is 1. The van der Waals surface area contributed by atoms with Crippen molar-refractivity contribution in [3.05, 3.63) is 85.1 Å². The van der Waals surface area contributed by atoms with Crippen LogP contribution in [0.1, 0.15) is 5.82 Å². The lowest BCUT2D eigenvalue weighted by Crippen LogP contribution is -2.02. The summed E-state index contributed by atoms with van der Waals surface area (Å²) in [6, 6.07) is 15.9. The van der Waals surface area contributed by atoms with Gasteiger partial charge in [0.1, 0.15) is 17.5 Å². The van der Waals surface area contributed by atoms with Gasteiger partial charge in [-0.1, -0.05) is 42.5 Å². The van der Waals surface area contributed by atoms with Gasteiger partial charge in [0.2, 0.25) is 0 Å². The first-order chi connectivity index (χ1) is 14.8. The van der Waals surface area contributed by atoms with Crippen molar-refractivity contribution in [1.29, 1.82) is 0 Å². The van der Waals surface area contributed by atoms with Gasteiger partial charge in [-0.15, -0.1) is 0 Å². The summed E-state index contributed by atoms with van der Waals surface area (Å²) in [5.74, 6) is 1.13. The Bertz CT molecular complexity index is 1500. The molecule has 0 spiro atoms. The predicted octanol–water partition coefficient (Wildman–Crippen LogP) is 3.94. The average Bonchev–Trinajstić information content (AvgIpc) is 3.13. The van der Waals surface area contributed by atoms with E-state index in [2.05, 4.69) is 15.1 Å². The molecule has 0 amide bonds. The summed E-state index contributed by atoms with van der Waals surface area (Å²) in [6.45, 7) is 0. The van der Waals surface area contributed by atoms with Gasteiger partial charge in [0.15, 0.2) is 11.6 Å². The van der Waals surface area contributed by atoms with Crippen LogP contribution in [0.2, 0.25) is 0 Å². The summed E-state index contributed by atoms with van der Waals surface area (Å²) in [6.07, 6.45) is 9.18. The van der Waals surface area contributed by atoms with Crippen LogP contribution in [0.15, 0.2) is 79.3 Å². The van der Waals surface area contributed by atoms with Gasteiger partial charge in [-0.05, 0) is 24.3 Å². The van der Waals surface area contributed by atoms with Gasteiger partial charge in [-0.25, -0.2) is 19.5 Å². The van der Waals surface area contributed by atoms with Crippen molar-refractivity contribution in [2.75, 3.05) is 5.73 Å². The van der Waals surface area contributed by atoms with Crippen molar-refractivity contribution < 1.29 is 0 Å². The highest BCUT2D eigenvalue weighted by Crippen LogP contribution is 2.33. The van der Waals surface area contributed by atoms with Crippen LogP contribution in [0.25, 0.3) is 44.6 Å². The average molecular weight is 389 g/mol. The van der Waals surface area contributed by atoms with E-state index in [-0.39, 0.29) is 0 Å². The van der Waals surface area contributed by atoms with E-state index in [0.717, 1.165) is 44.9 Å². The maximum absolute atomic E-state index is 6.21. The molecule has 0 atom stereocenters. The fraction of sp³-hybridized carbons (Fsp3) is 0. The first-order valence-corrected chi connectivity index (χ1v) is 9.48. The Labute approximate surface area is 171 Å². The molecule has 30 heavy (non-hydrogen) atoms. The number of nitrogens with two attached hydrogens (primary N) is 1. The number of benzene rings is 1. The molecule has 7 heteroatoms. The summed E-state index contributed by atoms with van der Waals surface area (Å²) in [4.78, 5) is 18.2. The number of fused-ring (bicyclic) bond motifs is 2. The van der Waals surface area contributed by atoms with E-state index in [4.69, 9.17) is 15.7 Å². The lowest BCUT2D eigenvalue weighted by atomic mass is 10.1. The number of rotatable bonds is 3. The maximum Gasteiger partial charge on any atom is 0.162 e. The number of allylic oxidation sites excluding steroid dienone is 4. The smallest absolute Gasteiger partial charge is 0.162 e. The van der Waals surface area contributed by atoms with E-state index in [1.165, 1.54) is 6.33 Å². The SMILES string of the molecule is Nc1ncnn2c(C3=CC=C3)nc(-c3ccc4ccc(-c5ccccn5)nc4c3)c12. The van der Waals surface area contributed by atoms with Crippen molar-refractivity contribution in [2.24, 2.45) is 0 Å². The van der Waals surface area contributed by atoms with E-state index in [0.29, 0.717) is 11.3 Å². The molecule has 142 valence electrons. The summed E-state index contributed by atoms with van der Waals surface area (Å²) in [7, 11) is 0. The molecule has 0 unspecified atom stereocenters. The normalized spacial score (nSPS) is 12.9. The Morgan fingerprint density at radius 1 is 0.900 bits per heavy atom. The molecule has 0 bridgehead atoms. The summed E-state index contributed by atoms with van der Waals surface area (Å²) < 4.78 is 1.74. The second-order valence-electron chi connectivity index (χ2n) is 6.99. The molecular formula is C23H15N7. The molecule has 2 N–H and O–H groups in total.